The van der Waals surface area contributed by atoms with Gasteiger partial charge in [-0.05, 0) is 61.6 Å². The van der Waals surface area contributed by atoms with E-state index in [1.165, 1.54) is 12.1 Å². The molecule has 0 unspecified atom stereocenters. The lowest BCUT2D eigenvalue weighted by Crippen LogP contribution is -2.41. The number of carbonyl (C=O) groups is 1. The maximum atomic E-state index is 13.6. The predicted molar refractivity (Wildman–Crippen MR) is 138 cm³/mol. The normalized spacial score (nSPS) is 22.0. The van der Waals surface area contributed by atoms with Crippen molar-refractivity contribution >= 4 is 40.2 Å². The largest absolute Gasteiger partial charge is 0.481 e. The van der Waals surface area contributed by atoms with Crippen LogP contribution in [0.5, 0.6) is 0 Å². The van der Waals surface area contributed by atoms with Crippen molar-refractivity contribution in [3.05, 3.63) is 66.2 Å². The second-order valence-electron chi connectivity index (χ2n) is 9.45. The molecule has 3 aromatic rings. The van der Waals surface area contributed by atoms with E-state index in [1.807, 2.05) is 18.3 Å². The third-order valence-corrected chi connectivity index (χ3v) is 7.21. The number of carboxylic acid groups (broad SMARTS) is 1. The standard InChI is InChI=1S/C27H28FN5O3/c1-17(20-11-19-12-21(28)3-4-23(19)30-14-20)13-32-33-16-31-24(22-7-10-29-25(22)33)18-5-8-27(9-6-18,15-36-2)26(34)35/h3-4,7,10-14,18,29H,1,5-6,8-9,15-16H2,2H3,(H,34,35)/b32-13-. The molecular formula is C27H28FN5O3. The van der Waals surface area contributed by atoms with Crippen molar-refractivity contribution in [2.24, 2.45) is 21.4 Å². The van der Waals surface area contributed by atoms with Gasteiger partial charge < -0.3 is 14.8 Å². The van der Waals surface area contributed by atoms with Gasteiger partial charge in [0.05, 0.1) is 29.5 Å². The van der Waals surface area contributed by atoms with Gasteiger partial charge in [0.1, 0.15) is 18.3 Å². The van der Waals surface area contributed by atoms with Gasteiger partial charge in [-0.15, -0.1) is 0 Å². The molecule has 1 aromatic carbocycles. The minimum Gasteiger partial charge on any atom is -0.481 e. The third-order valence-electron chi connectivity index (χ3n) is 7.21. The first kappa shape index (κ1) is 23.9. The summed E-state index contributed by atoms with van der Waals surface area (Å²) in [5.74, 6) is -0.0701. The summed E-state index contributed by atoms with van der Waals surface area (Å²) in [4.78, 5) is 24.4. The Morgan fingerprint density at radius 3 is 2.92 bits per heavy atom. The van der Waals surface area contributed by atoms with Crippen LogP contribution in [0, 0.1) is 17.2 Å². The number of carboxylic acids is 1. The number of H-pyrrole nitrogens is 1. The van der Waals surface area contributed by atoms with E-state index in [0.717, 1.165) is 35.5 Å². The number of anilines is 1. The summed E-state index contributed by atoms with van der Waals surface area (Å²) in [7, 11) is 1.55. The lowest BCUT2D eigenvalue weighted by atomic mass is 9.69. The quantitative estimate of drug-likeness (QED) is 0.461. The number of pyridine rings is 1. The summed E-state index contributed by atoms with van der Waals surface area (Å²) in [5, 5.41) is 16.8. The number of aliphatic carboxylic acids is 1. The summed E-state index contributed by atoms with van der Waals surface area (Å²) >= 11 is 0. The molecular weight excluding hydrogens is 461 g/mol. The number of hydrogen-bond donors (Lipinski definition) is 2. The summed E-state index contributed by atoms with van der Waals surface area (Å²) in [6.45, 7) is 4.67. The van der Waals surface area contributed by atoms with Gasteiger partial charge in [-0.1, -0.05) is 6.58 Å². The molecule has 1 fully saturated rings. The Labute approximate surface area is 208 Å². The van der Waals surface area contributed by atoms with E-state index in [0.29, 0.717) is 36.0 Å². The lowest BCUT2D eigenvalue weighted by Gasteiger charge is -2.37. The lowest BCUT2D eigenvalue weighted by molar-refractivity contribution is -0.155. The van der Waals surface area contributed by atoms with Crippen LogP contribution in [0.15, 0.2) is 59.4 Å². The van der Waals surface area contributed by atoms with E-state index >= 15 is 0 Å². The maximum absolute atomic E-state index is 13.6. The number of nitrogens with one attached hydrogen (secondary N) is 1. The molecule has 186 valence electrons. The van der Waals surface area contributed by atoms with Crippen molar-refractivity contribution in [3.63, 3.8) is 0 Å². The molecule has 0 radical (unpaired) electrons. The summed E-state index contributed by atoms with van der Waals surface area (Å²) in [6.07, 6.45) is 7.82. The zero-order valence-corrected chi connectivity index (χ0v) is 20.1. The Morgan fingerprint density at radius 1 is 1.36 bits per heavy atom. The highest BCUT2D eigenvalue weighted by atomic mass is 19.1. The number of aliphatic imine (C=N–C) groups is 1. The first-order chi connectivity index (χ1) is 17.4. The fraction of sp³-hybridized carbons (Fsp3) is 0.333. The Balaban J connectivity index is 1.30. The van der Waals surface area contributed by atoms with Crippen molar-refractivity contribution < 1.29 is 19.0 Å². The van der Waals surface area contributed by atoms with Crippen LogP contribution >= 0.6 is 0 Å². The first-order valence-corrected chi connectivity index (χ1v) is 11.9. The molecule has 0 amide bonds. The Morgan fingerprint density at radius 2 is 2.17 bits per heavy atom. The molecule has 0 bridgehead atoms. The van der Waals surface area contributed by atoms with Gasteiger partial charge in [0.15, 0.2) is 0 Å². The number of hydrazone groups is 1. The van der Waals surface area contributed by atoms with Crippen molar-refractivity contribution in [1.82, 2.24) is 9.97 Å². The van der Waals surface area contributed by atoms with Crippen LogP contribution in [-0.2, 0) is 9.53 Å². The average molecular weight is 490 g/mol. The van der Waals surface area contributed by atoms with Gasteiger partial charge in [0.2, 0.25) is 0 Å². The second-order valence-corrected chi connectivity index (χ2v) is 9.45. The van der Waals surface area contributed by atoms with E-state index in [4.69, 9.17) is 9.73 Å². The molecule has 1 aliphatic heterocycles. The summed E-state index contributed by atoms with van der Waals surface area (Å²) in [6, 6.07) is 8.31. The monoisotopic (exact) mass is 489 g/mol. The Bertz CT molecular complexity index is 1370. The van der Waals surface area contributed by atoms with E-state index < -0.39 is 11.4 Å². The van der Waals surface area contributed by atoms with Crippen molar-refractivity contribution in [3.8, 4) is 0 Å². The molecule has 2 aliphatic rings. The number of allylic oxidation sites excluding steroid dienone is 1. The Hall–Kier alpha value is -3.85. The third kappa shape index (κ3) is 4.42. The number of benzene rings is 1. The minimum absolute atomic E-state index is 0.189. The molecule has 5 rings (SSSR count). The van der Waals surface area contributed by atoms with E-state index in [2.05, 4.69) is 21.6 Å². The van der Waals surface area contributed by atoms with E-state index in [-0.39, 0.29) is 18.3 Å². The van der Waals surface area contributed by atoms with Gasteiger partial charge >= 0.3 is 5.97 Å². The molecule has 1 saturated carbocycles. The number of halogens is 1. The molecule has 2 N–H and O–H groups in total. The summed E-state index contributed by atoms with van der Waals surface area (Å²) < 4.78 is 18.8. The number of nitrogens with zero attached hydrogens (tertiary/aromatic N) is 4. The molecule has 3 heterocycles. The topological polar surface area (TPSA) is 103 Å². The molecule has 9 heteroatoms. The van der Waals surface area contributed by atoms with Gasteiger partial charge in [0.25, 0.3) is 0 Å². The fourth-order valence-corrected chi connectivity index (χ4v) is 5.16. The zero-order chi connectivity index (χ0) is 25.3. The van der Waals surface area contributed by atoms with Gasteiger partial charge in [-0.25, -0.2) is 9.40 Å². The first-order valence-electron chi connectivity index (χ1n) is 11.9. The number of aromatic amines is 1. The maximum Gasteiger partial charge on any atom is 0.311 e. The molecule has 8 nitrogen and oxygen atoms in total. The minimum atomic E-state index is -0.818. The van der Waals surface area contributed by atoms with Crippen molar-refractivity contribution in [1.29, 1.82) is 0 Å². The number of fused-ring (bicyclic) bond motifs is 2. The molecule has 1 aliphatic carbocycles. The number of hydrogen-bond acceptors (Lipinski definition) is 6. The molecule has 2 aromatic heterocycles. The van der Waals surface area contributed by atoms with Crippen LogP contribution in [-0.4, -0.2) is 53.4 Å². The van der Waals surface area contributed by atoms with Crippen LogP contribution in [0.1, 0.15) is 36.8 Å². The second kappa shape index (κ2) is 9.66. The highest BCUT2D eigenvalue weighted by Gasteiger charge is 2.43. The van der Waals surface area contributed by atoms with Crippen LogP contribution in [0.2, 0.25) is 0 Å². The molecule has 0 saturated heterocycles. The van der Waals surface area contributed by atoms with Gasteiger partial charge in [0, 0.05) is 41.9 Å². The zero-order valence-electron chi connectivity index (χ0n) is 20.1. The Kier molecular flexibility index (Phi) is 6.40. The van der Waals surface area contributed by atoms with Crippen LogP contribution in [0.3, 0.4) is 0 Å². The smallest absolute Gasteiger partial charge is 0.311 e. The highest BCUT2D eigenvalue weighted by molar-refractivity contribution is 6.10. The number of ether oxygens (including phenoxy) is 1. The van der Waals surface area contributed by atoms with Crippen LogP contribution < -0.4 is 5.01 Å². The van der Waals surface area contributed by atoms with Crippen LogP contribution in [0.4, 0.5) is 10.2 Å². The molecule has 0 atom stereocenters. The van der Waals surface area contributed by atoms with Gasteiger partial charge in [-0.2, -0.15) is 5.10 Å². The predicted octanol–water partition coefficient (Wildman–Crippen LogP) is 4.88. The molecule has 0 spiro atoms. The van der Waals surface area contributed by atoms with Gasteiger partial charge in [-0.3, -0.25) is 14.8 Å². The average Bonchev–Trinajstić information content (AvgIpc) is 3.37. The van der Waals surface area contributed by atoms with Crippen LogP contribution in [0.25, 0.3) is 16.5 Å². The highest BCUT2D eigenvalue weighted by Crippen LogP contribution is 2.42. The summed E-state index contributed by atoms with van der Waals surface area (Å²) in [5.41, 5.74) is 3.27. The number of aromatic nitrogens is 2. The number of rotatable bonds is 7. The van der Waals surface area contributed by atoms with E-state index in [9.17, 15) is 14.3 Å². The van der Waals surface area contributed by atoms with Crippen molar-refractivity contribution in [2.75, 3.05) is 25.4 Å². The van der Waals surface area contributed by atoms with E-state index in [1.54, 1.807) is 30.6 Å². The number of methoxy groups -OCH3 is 1. The van der Waals surface area contributed by atoms with Crippen molar-refractivity contribution in [2.45, 2.75) is 25.7 Å². The molecule has 36 heavy (non-hydrogen) atoms. The fourth-order valence-electron chi connectivity index (χ4n) is 5.16. The SMILES string of the molecule is C=C(/C=N\N1CN=C(C2CCC(COC)(C(=O)O)CC2)c2cc[nH]c21)c1cnc2ccc(F)cc2c1.